The zero-order valence-corrected chi connectivity index (χ0v) is 24.7. The van der Waals surface area contributed by atoms with Gasteiger partial charge in [0.1, 0.15) is 0 Å². The Bertz CT molecular complexity index is 818. The summed E-state index contributed by atoms with van der Waals surface area (Å²) in [5.41, 5.74) is 3.59. The number of hydrogen-bond donors (Lipinski definition) is 0. The van der Waals surface area contributed by atoms with Gasteiger partial charge < -0.3 is 0 Å². The maximum absolute atomic E-state index is 2.50. The van der Waals surface area contributed by atoms with Crippen LogP contribution in [0.1, 0.15) is 82.1 Å². The lowest BCUT2D eigenvalue weighted by atomic mass is 9.86. The molecule has 0 aliphatic heterocycles. The molecule has 0 nitrogen and oxygen atoms in total. The highest BCUT2D eigenvalue weighted by Crippen LogP contribution is 2.54. The fraction of sp³-hybridized carbons (Fsp3) is 0.600. The molecule has 0 radical (unpaired) electrons. The summed E-state index contributed by atoms with van der Waals surface area (Å²) in [5.74, 6) is 0. The highest BCUT2D eigenvalue weighted by molar-refractivity contribution is 7.67. The first-order valence-corrected chi connectivity index (χ1v) is 15.7. The molecule has 0 fully saturated rings. The minimum Gasteiger partial charge on any atom is -0.0720 e. The summed E-state index contributed by atoms with van der Waals surface area (Å²) >= 11 is 0. The third kappa shape index (κ3) is 7.15. The summed E-state index contributed by atoms with van der Waals surface area (Å²) in [4.78, 5) is 0. The van der Waals surface area contributed by atoms with Crippen molar-refractivity contribution in [1.29, 1.82) is 0 Å². The monoisotopic (exact) mass is 470 g/mol. The molecule has 0 amide bonds. The van der Waals surface area contributed by atoms with Crippen molar-refractivity contribution in [2.45, 2.75) is 92.4 Å². The van der Waals surface area contributed by atoms with Crippen molar-refractivity contribution in [1.82, 2.24) is 0 Å². The van der Waals surface area contributed by atoms with Gasteiger partial charge in [-0.05, 0) is 69.0 Å². The summed E-state index contributed by atoms with van der Waals surface area (Å²) in [6.07, 6.45) is 2.47. The molecule has 0 spiro atoms. The molecule has 2 heteroatoms. The van der Waals surface area contributed by atoms with Gasteiger partial charge in [0.05, 0.1) is 0 Å². The van der Waals surface area contributed by atoms with Crippen LogP contribution in [0.3, 0.4) is 0 Å². The van der Waals surface area contributed by atoms with Crippen LogP contribution < -0.4 is 10.6 Å². The summed E-state index contributed by atoms with van der Waals surface area (Å²) in [5, 5.41) is 3.70. The molecule has 178 valence electrons. The Kier molecular flexibility index (Phi) is 8.51. The first-order chi connectivity index (χ1) is 14.4. The average Bonchev–Trinajstić information content (AvgIpc) is 2.63. The molecule has 0 heterocycles. The fourth-order valence-electron chi connectivity index (χ4n) is 5.47. The van der Waals surface area contributed by atoms with Crippen molar-refractivity contribution in [3.8, 4) is 11.1 Å². The van der Waals surface area contributed by atoms with Gasteiger partial charge in [0.2, 0.25) is 0 Å². The molecule has 0 aliphatic carbocycles. The Hall–Kier alpha value is -0.700. The van der Waals surface area contributed by atoms with E-state index < -0.39 is 0 Å². The lowest BCUT2D eigenvalue weighted by Gasteiger charge is -2.40. The van der Waals surface area contributed by atoms with Crippen LogP contribution in [-0.2, 0) is 0 Å². The lowest BCUT2D eigenvalue weighted by molar-refractivity contribution is 0.336. The maximum Gasteiger partial charge on any atom is -0.0100 e. The summed E-state index contributed by atoms with van der Waals surface area (Å²) in [6, 6.07) is 18.5. The van der Waals surface area contributed by atoms with Crippen molar-refractivity contribution >= 4 is 26.5 Å². The van der Waals surface area contributed by atoms with Crippen molar-refractivity contribution in [2.24, 2.45) is 10.8 Å². The van der Waals surface area contributed by atoms with Gasteiger partial charge in [-0.15, -0.1) is 0 Å². The van der Waals surface area contributed by atoms with E-state index in [4.69, 9.17) is 0 Å². The third-order valence-electron chi connectivity index (χ3n) is 6.56. The zero-order valence-electron chi connectivity index (χ0n) is 22.9. The zero-order chi connectivity index (χ0) is 24.5. The summed E-state index contributed by atoms with van der Waals surface area (Å²) in [7, 11) is -0.605. The van der Waals surface area contributed by atoms with E-state index in [1.807, 2.05) is 0 Å². The van der Waals surface area contributed by atoms with E-state index in [1.165, 1.54) is 24.0 Å². The second kappa shape index (κ2) is 9.88. The predicted molar refractivity (Wildman–Crippen MR) is 153 cm³/mol. The van der Waals surface area contributed by atoms with Gasteiger partial charge in [0.15, 0.2) is 0 Å². The van der Waals surface area contributed by atoms with Gasteiger partial charge in [0.25, 0.3) is 0 Å². The standard InChI is InChI=1S/C30H48P2/c1-27(2,3)21-29(7,8)31(11)25-19-15-13-17-23(25)24-18-14-16-20-26(24)32(12)30(9,10)22-28(4,5)6/h13-20H,21-22H2,1-12H3/t31-,32-/m1/s1. The van der Waals surface area contributed by atoms with Gasteiger partial charge in [0, 0.05) is 0 Å². The highest BCUT2D eigenvalue weighted by atomic mass is 31.1. The molecule has 0 saturated heterocycles. The first-order valence-electron chi connectivity index (χ1n) is 12.1. The Labute approximate surface area is 202 Å². The topological polar surface area (TPSA) is 0 Å². The SMILES string of the molecule is C[P@](c1ccccc1-c1ccccc1[P@@](C)C(C)(C)CC(C)(C)C)C(C)(C)CC(C)(C)C. The largest absolute Gasteiger partial charge is 0.0720 e. The van der Waals surface area contributed by atoms with E-state index in [-0.39, 0.29) is 15.8 Å². The van der Waals surface area contributed by atoms with Gasteiger partial charge in [-0.2, -0.15) is 0 Å². The number of rotatable bonds is 7. The Morgan fingerprint density at radius 1 is 0.500 bits per heavy atom. The number of benzene rings is 2. The van der Waals surface area contributed by atoms with E-state index in [1.54, 1.807) is 10.6 Å². The van der Waals surface area contributed by atoms with Crippen LogP contribution in [0.5, 0.6) is 0 Å². The smallest absolute Gasteiger partial charge is 0.0100 e. The van der Waals surface area contributed by atoms with Crippen molar-refractivity contribution < 1.29 is 0 Å². The van der Waals surface area contributed by atoms with Crippen LogP contribution >= 0.6 is 15.8 Å². The highest BCUT2D eigenvalue weighted by Gasteiger charge is 2.35. The molecule has 0 bridgehead atoms. The molecule has 32 heavy (non-hydrogen) atoms. The lowest BCUT2D eigenvalue weighted by Crippen LogP contribution is -2.30. The maximum atomic E-state index is 2.50. The number of hydrogen-bond acceptors (Lipinski definition) is 0. The van der Waals surface area contributed by atoms with Gasteiger partial charge in [-0.1, -0.05) is 134 Å². The minimum atomic E-state index is -0.302. The molecule has 2 rings (SSSR count). The molecular weight excluding hydrogens is 422 g/mol. The molecule has 0 aromatic heterocycles. The second-order valence-corrected chi connectivity index (χ2v) is 18.9. The van der Waals surface area contributed by atoms with Crippen LogP contribution in [0, 0.1) is 10.8 Å². The second-order valence-electron chi connectivity index (χ2n) is 13.3. The first kappa shape index (κ1) is 27.5. The molecule has 0 saturated carbocycles. The molecule has 0 aliphatic rings. The van der Waals surface area contributed by atoms with Crippen LogP contribution in [0.4, 0.5) is 0 Å². The quantitative estimate of drug-likeness (QED) is 0.354. The molecular formula is C30H48P2. The van der Waals surface area contributed by atoms with E-state index in [0.717, 1.165) is 0 Å². The van der Waals surface area contributed by atoms with Crippen LogP contribution in [0.15, 0.2) is 48.5 Å². The van der Waals surface area contributed by atoms with E-state index >= 15 is 0 Å². The predicted octanol–water partition coefficient (Wildman–Crippen LogP) is 9.26. The molecule has 0 unspecified atom stereocenters. The van der Waals surface area contributed by atoms with Gasteiger partial charge in [-0.25, -0.2) is 0 Å². The summed E-state index contributed by atoms with van der Waals surface area (Å²) in [6.45, 7) is 29.2. The van der Waals surface area contributed by atoms with E-state index in [9.17, 15) is 0 Å². The van der Waals surface area contributed by atoms with Crippen LogP contribution in [0.2, 0.25) is 0 Å². The Morgan fingerprint density at radius 3 is 1.06 bits per heavy atom. The third-order valence-corrected chi connectivity index (χ3v) is 12.7. The average molecular weight is 471 g/mol. The van der Waals surface area contributed by atoms with Crippen LogP contribution in [0.25, 0.3) is 11.1 Å². The van der Waals surface area contributed by atoms with E-state index in [2.05, 4.69) is 131 Å². The van der Waals surface area contributed by atoms with Gasteiger partial charge in [-0.3, -0.25) is 0 Å². The molecule has 2 atom stereocenters. The van der Waals surface area contributed by atoms with Crippen LogP contribution in [-0.4, -0.2) is 23.6 Å². The van der Waals surface area contributed by atoms with E-state index in [0.29, 0.717) is 21.1 Å². The molecule has 2 aromatic rings. The van der Waals surface area contributed by atoms with Gasteiger partial charge >= 0.3 is 0 Å². The van der Waals surface area contributed by atoms with Crippen molar-refractivity contribution in [3.63, 3.8) is 0 Å². The normalized spacial score (nSPS) is 15.5. The van der Waals surface area contributed by atoms with Crippen molar-refractivity contribution in [2.75, 3.05) is 13.3 Å². The summed E-state index contributed by atoms with van der Waals surface area (Å²) < 4.78 is 0. The molecule has 2 aromatic carbocycles. The Morgan fingerprint density at radius 2 is 0.781 bits per heavy atom. The fourth-order valence-corrected chi connectivity index (χ4v) is 9.93. The Balaban J connectivity index is 2.56. The molecule has 0 N–H and O–H groups in total. The minimum absolute atomic E-state index is 0.293. The van der Waals surface area contributed by atoms with Crippen molar-refractivity contribution in [3.05, 3.63) is 48.5 Å².